The van der Waals surface area contributed by atoms with Gasteiger partial charge >= 0.3 is 0 Å². The Balaban J connectivity index is 2.39. The number of hydrogen-bond donors (Lipinski definition) is 0. The number of halogens is 4. The van der Waals surface area contributed by atoms with Crippen LogP contribution in [-0.4, -0.2) is 0 Å². The van der Waals surface area contributed by atoms with Crippen LogP contribution in [0.15, 0.2) is 36.4 Å². The molecule has 0 spiro atoms. The van der Waals surface area contributed by atoms with Gasteiger partial charge < -0.3 is 4.74 Å². The van der Waals surface area contributed by atoms with E-state index in [2.05, 4.69) is 15.9 Å². The third kappa shape index (κ3) is 2.82. The lowest BCUT2D eigenvalue weighted by atomic mass is 10.2. The van der Waals surface area contributed by atoms with E-state index in [9.17, 15) is 8.78 Å². The fraction of sp³-hybridized carbons (Fsp3) is 0.0769. The van der Waals surface area contributed by atoms with Crippen LogP contribution < -0.4 is 4.74 Å². The Bertz CT molecular complexity index is 575. The molecule has 2 aromatic carbocycles. The standard InChI is InChI=1S/C13H8BrClF2O/c14-7-8-2-1-3-11(17)13(8)18-12-5-4-9(16)6-10(12)15/h1-6H,7H2. The number of hydrogen-bond acceptors (Lipinski definition) is 1. The van der Waals surface area contributed by atoms with Gasteiger partial charge in [0, 0.05) is 10.9 Å². The monoisotopic (exact) mass is 332 g/mol. The van der Waals surface area contributed by atoms with Crippen molar-refractivity contribution in [3.05, 3.63) is 58.6 Å². The maximum Gasteiger partial charge on any atom is 0.167 e. The van der Waals surface area contributed by atoms with Crippen LogP contribution >= 0.6 is 27.5 Å². The van der Waals surface area contributed by atoms with Crippen molar-refractivity contribution in [2.75, 3.05) is 0 Å². The number of alkyl halides is 1. The molecule has 0 amide bonds. The first kappa shape index (κ1) is 13.3. The molecule has 0 radical (unpaired) electrons. The molecular formula is C13H8BrClF2O. The van der Waals surface area contributed by atoms with E-state index in [4.69, 9.17) is 16.3 Å². The minimum atomic E-state index is -0.493. The first-order valence-corrected chi connectivity index (χ1v) is 6.58. The predicted octanol–water partition coefficient (Wildman–Crippen LogP) is 5.31. The van der Waals surface area contributed by atoms with Crippen LogP contribution in [0.4, 0.5) is 8.78 Å². The maximum absolute atomic E-state index is 13.7. The smallest absolute Gasteiger partial charge is 0.167 e. The van der Waals surface area contributed by atoms with Crippen molar-refractivity contribution < 1.29 is 13.5 Å². The summed E-state index contributed by atoms with van der Waals surface area (Å²) < 4.78 is 32.0. The summed E-state index contributed by atoms with van der Waals surface area (Å²) in [5.41, 5.74) is 0.649. The van der Waals surface area contributed by atoms with Crippen LogP contribution in [-0.2, 0) is 5.33 Å². The summed E-state index contributed by atoms with van der Waals surface area (Å²) >= 11 is 9.07. The second kappa shape index (κ2) is 5.67. The molecule has 0 N–H and O–H groups in total. The van der Waals surface area contributed by atoms with Crippen LogP contribution in [0.2, 0.25) is 5.02 Å². The van der Waals surface area contributed by atoms with Gasteiger partial charge in [0.15, 0.2) is 11.6 Å². The zero-order valence-corrected chi connectivity index (χ0v) is 11.4. The summed E-state index contributed by atoms with van der Waals surface area (Å²) in [4.78, 5) is 0. The molecule has 0 saturated heterocycles. The molecule has 0 unspecified atom stereocenters. The first-order valence-electron chi connectivity index (χ1n) is 5.08. The lowest BCUT2D eigenvalue weighted by Gasteiger charge is -2.11. The van der Waals surface area contributed by atoms with Gasteiger partial charge in [-0.05, 0) is 24.3 Å². The third-order valence-electron chi connectivity index (χ3n) is 2.30. The van der Waals surface area contributed by atoms with E-state index in [1.165, 1.54) is 18.2 Å². The minimum absolute atomic E-state index is 0.0860. The molecule has 0 atom stereocenters. The van der Waals surface area contributed by atoms with Crippen LogP contribution in [0.1, 0.15) is 5.56 Å². The Labute approximate surface area is 116 Å². The highest BCUT2D eigenvalue weighted by Crippen LogP contribution is 2.34. The molecule has 0 aromatic heterocycles. The largest absolute Gasteiger partial charge is 0.452 e. The van der Waals surface area contributed by atoms with Gasteiger partial charge in [0.25, 0.3) is 0 Å². The van der Waals surface area contributed by atoms with Gasteiger partial charge in [-0.15, -0.1) is 0 Å². The van der Waals surface area contributed by atoms with E-state index >= 15 is 0 Å². The predicted molar refractivity (Wildman–Crippen MR) is 70.5 cm³/mol. The summed E-state index contributed by atoms with van der Waals surface area (Å²) in [5, 5.41) is 0.539. The highest BCUT2D eigenvalue weighted by molar-refractivity contribution is 9.08. The van der Waals surface area contributed by atoms with E-state index in [1.807, 2.05) is 0 Å². The molecule has 1 nitrogen and oxygen atoms in total. The molecular weight excluding hydrogens is 325 g/mol. The molecule has 0 aliphatic heterocycles. The second-order valence-electron chi connectivity index (χ2n) is 3.54. The normalized spacial score (nSPS) is 10.4. The van der Waals surface area contributed by atoms with Crippen molar-refractivity contribution in [2.24, 2.45) is 0 Å². The van der Waals surface area contributed by atoms with Crippen LogP contribution in [0.3, 0.4) is 0 Å². The van der Waals surface area contributed by atoms with Gasteiger partial charge in [0.1, 0.15) is 11.6 Å². The van der Waals surface area contributed by atoms with Crippen molar-refractivity contribution in [1.29, 1.82) is 0 Å². The molecule has 0 aliphatic rings. The topological polar surface area (TPSA) is 9.23 Å². The van der Waals surface area contributed by atoms with E-state index in [0.717, 1.165) is 6.07 Å². The first-order chi connectivity index (χ1) is 8.61. The Kier molecular flexibility index (Phi) is 4.19. The summed E-state index contributed by atoms with van der Waals surface area (Å²) in [6.07, 6.45) is 0. The van der Waals surface area contributed by atoms with Gasteiger partial charge in [0.2, 0.25) is 0 Å². The second-order valence-corrected chi connectivity index (χ2v) is 4.51. The van der Waals surface area contributed by atoms with Crippen LogP contribution in [0, 0.1) is 11.6 Å². The van der Waals surface area contributed by atoms with Crippen molar-refractivity contribution in [3.63, 3.8) is 0 Å². The maximum atomic E-state index is 13.7. The molecule has 0 fully saturated rings. The van der Waals surface area contributed by atoms with Gasteiger partial charge in [-0.2, -0.15) is 0 Å². The highest BCUT2D eigenvalue weighted by atomic mass is 79.9. The molecule has 94 valence electrons. The summed E-state index contributed by atoms with van der Waals surface area (Å²) in [7, 11) is 0. The Hall–Kier alpha value is -1.13. The highest BCUT2D eigenvalue weighted by Gasteiger charge is 2.12. The molecule has 5 heteroatoms. The van der Waals surface area contributed by atoms with Gasteiger partial charge in [-0.25, -0.2) is 8.78 Å². The zero-order valence-electron chi connectivity index (χ0n) is 9.09. The van der Waals surface area contributed by atoms with Gasteiger partial charge in [-0.1, -0.05) is 39.7 Å². The van der Waals surface area contributed by atoms with E-state index in [0.29, 0.717) is 10.9 Å². The van der Waals surface area contributed by atoms with Gasteiger partial charge in [-0.3, -0.25) is 0 Å². The molecule has 2 aromatic rings. The van der Waals surface area contributed by atoms with E-state index in [1.54, 1.807) is 12.1 Å². The van der Waals surface area contributed by atoms with Crippen molar-refractivity contribution >= 4 is 27.5 Å². The number of para-hydroxylation sites is 1. The quantitative estimate of drug-likeness (QED) is 0.692. The van der Waals surface area contributed by atoms with Crippen molar-refractivity contribution in [3.8, 4) is 11.5 Å². The Morgan fingerprint density at radius 1 is 1.17 bits per heavy atom. The fourth-order valence-corrected chi connectivity index (χ4v) is 2.09. The van der Waals surface area contributed by atoms with Crippen molar-refractivity contribution in [1.82, 2.24) is 0 Å². The average molecular weight is 334 g/mol. The van der Waals surface area contributed by atoms with Crippen molar-refractivity contribution in [2.45, 2.75) is 5.33 Å². The Morgan fingerprint density at radius 3 is 2.61 bits per heavy atom. The van der Waals surface area contributed by atoms with E-state index < -0.39 is 11.6 Å². The summed E-state index contributed by atoms with van der Waals surface area (Å²) in [5.74, 6) is -0.665. The number of benzene rings is 2. The molecule has 0 saturated carbocycles. The minimum Gasteiger partial charge on any atom is -0.452 e. The molecule has 0 bridgehead atoms. The molecule has 0 heterocycles. The third-order valence-corrected chi connectivity index (χ3v) is 3.20. The average Bonchev–Trinajstić information content (AvgIpc) is 2.34. The zero-order chi connectivity index (χ0) is 13.1. The number of rotatable bonds is 3. The molecule has 2 rings (SSSR count). The lowest BCUT2D eigenvalue weighted by molar-refractivity contribution is 0.437. The summed E-state index contributed by atoms with van der Waals surface area (Å²) in [6, 6.07) is 8.29. The fourth-order valence-electron chi connectivity index (χ4n) is 1.44. The molecule has 0 aliphatic carbocycles. The number of ether oxygens (including phenoxy) is 1. The summed E-state index contributed by atoms with van der Waals surface area (Å²) in [6.45, 7) is 0. The lowest BCUT2D eigenvalue weighted by Crippen LogP contribution is -1.94. The van der Waals surface area contributed by atoms with Gasteiger partial charge in [0.05, 0.1) is 5.02 Å². The van der Waals surface area contributed by atoms with Crippen LogP contribution in [0.5, 0.6) is 11.5 Å². The van der Waals surface area contributed by atoms with Crippen LogP contribution in [0.25, 0.3) is 0 Å². The SMILES string of the molecule is Fc1ccc(Oc2c(F)cccc2CBr)c(Cl)c1. The van der Waals surface area contributed by atoms with E-state index in [-0.39, 0.29) is 16.5 Å². The molecule has 18 heavy (non-hydrogen) atoms. The Morgan fingerprint density at radius 2 is 1.94 bits per heavy atom.